The van der Waals surface area contributed by atoms with E-state index in [4.69, 9.17) is 12.2 Å². The van der Waals surface area contributed by atoms with E-state index < -0.39 is 9.84 Å². The van der Waals surface area contributed by atoms with E-state index in [-0.39, 0.29) is 17.5 Å². The third-order valence-electron chi connectivity index (χ3n) is 4.82. The van der Waals surface area contributed by atoms with Crippen LogP contribution >= 0.6 is 12.2 Å². The monoisotopic (exact) mass is 381 g/mol. The van der Waals surface area contributed by atoms with Crippen LogP contribution in [-0.4, -0.2) is 57.2 Å². The number of sulfone groups is 1. The molecular formula is C16H23N5O2S2. The van der Waals surface area contributed by atoms with E-state index in [9.17, 15) is 8.42 Å². The Kier molecular flexibility index (Phi) is 5.08. The summed E-state index contributed by atoms with van der Waals surface area (Å²) < 4.78 is 27.3. The molecule has 1 aliphatic heterocycles. The molecule has 2 aromatic rings. The molecule has 1 aromatic carbocycles. The van der Waals surface area contributed by atoms with Crippen LogP contribution in [0.2, 0.25) is 0 Å². The van der Waals surface area contributed by atoms with Crippen molar-refractivity contribution in [1.82, 2.24) is 24.7 Å². The third kappa shape index (κ3) is 3.83. The fourth-order valence-corrected chi connectivity index (χ4v) is 5.09. The average molecular weight is 382 g/mol. The highest BCUT2D eigenvalue weighted by Gasteiger charge is 2.32. The standard InChI is InChI=1S/C16H23N5O2S2/c1-4-19(15-7-8-25(22,23)10-15)11-20-16(24)21(18-17-20)14-6-5-12(2)13(3)9-14/h5-6,9,15H,4,7-8,10-11H2,1-3H3/t15-/m0/s1. The van der Waals surface area contributed by atoms with Crippen LogP contribution in [0.1, 0.15) is 24.5 Å². The van der Waals surface area contributed by atoms with Crippen LogP contribution in [0.5, 0.6) is 0 Å². The van der Waals surface area contributed by atoms with Gasteiger partial charge in [0.25, 0.3) is 0 Å². The molecule has 0 radical (unpaired) electrons. The number of nitrogens with zero attached hydrogens (tertiary/aromatic N) is 5. The van der Waals surface area contributed by atoms with Crippen molar-refractivity contribution in [3.63, 3.8) is 0 Å². The maximum atomic E-state index is 11.7. The van der Waals surface area contributed by atoms with Gasteiger partial charge >= 0.3 is 0 Å². The van der Waals surface area contributed by atoms with Crippen LogP contribution in [-0.2, 0) is 16.5 Å². The van der Waals surface area contributed by atoms with E-state index in [1.54, 1.807) is 9.36 Å². The quantitative estimate of drug-likeness (QED) is 0.737. The van der Waals surface area contributed by atoms with Gasteiger partial charge in [0.05, 0.1) is 23.9 Å². The van der Waals surface area contributed by atoms with Crippen molar-refractivity contribution < 1.29 is 8.42 Å². The first-order valence-electron chi connectivity index (χ1n) is 8.35. The highest BCUT2D eigenvalue weighted by Crippen LogP contribution is 2.19. The number of hydrogen-bond acceptors (Lipinski definition) is 6. The zero-order chi connectivity index (χ0) is 18.2. The third-order valence-corrected chi connectivity index (χ3v) is 6.96. The molecule has 0 bridgehead atoms. The number of aryl methyl sites for hydroxylation is 2. The molecule has 0 saturated carbocycles. The minimum absolute atomic E-state index is 0.0173. The maximum absolute atomic E-state index is 11.7. The number of tetrazole rings is 1. The lowest BCUT2D eigenvalue weighted by Crippen LogP contribution is -2.37. The van der Waals surface area contributed by atoms with Gasteiger partial charge in [0.1, 0.15) is 0 Å². The van der Waals surface area contributed by atoms with Crippen molar-refractivity contribution in [2.45, 2.75) is 39.9 Å². The minimum Gasteiger partial charge on any atom is -0.280 e. The lowest BCUT2D eigenvalue weighted by atomic mass is 10.1. The molecule has 0 N–H and O–H groups in total. The van der Waals surface area contributed by atoms with Crippen molar-refractivity contribution in [2.75, 3.05) is 18.1 Å². The van der Waals surface area contributed by atoms with Crippen LogP contribution in [0.15, 0.2) is 18.2 Å². The Morgan fingerprint density at radius 2 is 2.04 bits per heavy atom. The molecule has 0 spiro atoms. The summed E-state index contributed by atoms with van der Waals surface area (Å²) in [6.45, 7) is 7.30. The Morgan fingerprint density at radius 3 is 2.64 bits per heavy atom. The predicted molar refractivity (Wildman–Crippen MR) is 99.1 cm³/mol. The van der Waals surface area contributed by atoms with Gasteiger partial charge in [-0.1, -0.05) is 13.0 Å². The highest BCUT2D eigenvalue weighted by molar-refractivity contribution is 7.91. The molecule has 1 saturated heterocycles. The second-order valence-corrected chi connectivity index (χ2v) is 9.14. The summed E-state index contributed by atoms with van der Waals surface area (Å²) in [5, 5.41) is 8.35. The zero-order valence-electron chi connectivity index (χ0n) is 14.7. The highest BCUT2D eigenvalue weighted by atomic mass is 32.2. The smallest absolute Gasteiger partial charge is 0.221 e. The molecule has 0 aliphatic carbocycles. The first kappa shape index (κ1) is 18.2. The van der Waals surface area contributed by atoms with Gasteiger partial charge in [0.15, 0.2) is 9.84 Å². The van der Waals surface area contributed by atoms with E-state index in [2.05, 4.69) is 22.3 Å². The van der Waals surface area contributed by atoms with E-state index in [0.717, 1.165) is 12.2 Å². The van der Waals surface area contributed by atoms with E-state index in [1.165, 1.54) is 11.1 Å². The molecule has 9 heteroatoms. The molecule has 0 amide bonds. The summed E-state index contributed by atoms with van der Waals surface area (Å²) in [5.74, 6) is 0.467. The van der Waals surface area contributed by atoms with Crippen LogP contribution in [0.25, 0.3) is 5.69 Å². The van der Waals surface area contributed by atoms with Gasteiger partial charge in [-0.05, 0) is 72.7 Å². The maximum Gasteiger partial charge on any atom is 0.221 e. The number of benzene rings is 1. The van der Waals surface area contributed by atoms with Crippen LogP contribution < -0.4 is 0 Å². The number of rotatable bonds is 5. The Hall–Kier alpha value is -1.58. The average Bonchev–Trinajstić information content (AvgIpc) is 3.10. The van der Waals surface area contributed by atoms with Gasteiger partial charge in [0.2, 0.25) is 4.77 Å². The van der Waals surface area contributed by atoms with Crippen molar-refractivity contribution in [1.29, 1.82) is 0 Å². The number of hydrogen-bond donors (Lipinski definition) is 0. The predicted octanol–water partition coefficient (Wildman–Crippen LogP) is 1.88. The molecule has 1 aromatic heterocycles. The Bertz CT molecular complexity index is 932. The molecule has 3 rings (SSSR count). The van der Waals surface area contributed by atoms with Crippen LogP contribution in [0.4, 0.5) is 0 Å². The molecular weight excluding hydrogens is 358 g/mol. The van der Waals surface area contributed by atoms with Gasteiger partial charge in [-0.25, -0.2) is 13.1 Å². The first-order valence-corrected chi connectivity index (χ1v) is 10.6. The lowest BCUT2D eigenvalue weighted by molar-refractivity contribution is 0.162. The summed E-state index contributed by atoms with van der Waals surface area (Å²) >= 11 is 5.53. The zero-order valence-corrected chi connectivity index (χ0v) is 16.3. The fourth-order valence-electron chi connectivity index (χ4n) is 3.09. The summed E-state index contributed by atoms with van der Waals surface area (Å²) in [6, 6.07) is 6.06. The Balaban J connectivity index is 1.83. The molecule has 1 atom stereocenters. The molecule has 25 heavy (non-hydrogen) atoms. The molecule has 1 fully saturated rings. The fraction of sp³-hybridized carbons (Fsp3) is 0.562. The topological polar surface area (TPSA) is 73.0 Å². The van der Waals surface area contributed by atoms with Crippen LogP contribution in [0.3, 0.4) is 0 Å². The van der Waals surface area contributed by atoms with Crippen molar-refractivity contribution in [3.8, 4) is 5.69 Å². The van der Waals surface area contributed by atoms with Gasteiger partial charge in [-0.15, -0.1) is 0 Å². The minimum atomic E-state index is -2.92. The Labute approximate surface area is 153 Å². The van der Waals surface area contributed by atoms with Gasteiger partial charge < -0.3 is 0 Å². The molecule has 0 unspecified atom stereocenters. The second-order valence-electron chi connectivity index (χ2n) is 6.54. The second kappa shape index (κ2) is 6.97. The molecule has 7 nitrogen and oxygen atoms in total. The first-order chi connectivity index (χ1) is 11.8. The van der Waals surface area contributed by atoms with Crippen LogP contribution in [0, 0.1) is 18.6 Å². The van der Waals surface area contributed by atoms with Crippen molar-refractivity contribution in [3.05, 3.63) is 34.1 Å². The Morgan fingerprint density at radius 1 is 1.28 bits per heavy atom. The van der Waals surface area contributed by atoms with Crippen molar-refractivity contribution in [2.24, 2.45) is 0 Å². The summed E-state index contributed by atoms with van der Waals surface area (Å²) in [4.78, 5) is 2.10. The van der Waals surface area contributed by atoms with Gasteiger partial charge in [-0.3, -0.25) is 4.90 Å². The normalized spacial score (nSPS) is 19.6. The molecule has 2 heterocycles. The van der Waals surface area contributed by atoms with E-state index in [0.29, 0.717) is 17.9 Å². The van der Waals surface area contributed by atoms with E-state index in [1.807, 2.05) is 32.0 Å². The summed E-state index contributed by atoms with van der Waals surface area (Å²) in [6.07, 6.45) is 0.661. The SMILES string of the molecule is CCN(Cn1nnn(-c2ccc(C)c(C)c2)c1=S)[C@H]1CCS(=O)(=O)C1. The van der Waals surface area contributed by atoms with E-state index >= 15 is 0 Å². The number of aromatic nitrogens is 4. The van der Waals surface area contributed by atoms with Gasteiger partial charge in [-0.2, -0.15) is 4.68 Å². The molecule has 136 valence electrons. The largest absolute Gasteiger partial charge is 0.280 e. The van der Waals surface area contributed by atoms with Gasteiger partial charge in [0, 0.05) is 6.04 Å². The summed E-state index contributed by atoms with van der Waals surface area (Å²) in [5.41, 5.74) is 3.26. The summed E-state index contributed by atoms with van der Waals surface area (Å²) in [7, 11) is -2.92. The molecule has 1 aliphatic rings. The van der Waals surface area contributed by atoms with Crippen molar-refractivity contribution >= 4 is 22.1 Å². The lowest BCUT2D eigenvalue weighted by Gasteiger charge is -2.25.